The van der Waals surface area contributed by atoms with Crippen molar-refractivity contribution in [3.63, 3.8) is 0 Å². The lowest BCUT2D eigenvalue weighted by Crippen LogP contribution is -2.28. The van der Waals surface area contributed by atoms with Crippen LogP contribution in [0.3, 0.4) is 0 Å². The highest BCUT2D eigenvalue weighted by Crippen LogP contribution is 2.24. The van der Waals surface area contributed by atoms with Gasteiger partial charge in [0.2, 0.25) is 0 Å². The number of carbonyl (C=O) groups is 1. The summed E-state index contributed by atoms with van der Waals surface area (Å²) in [4.78, 5) is 29.2. The first-order valence-corrected chi connectivity index (χ1v) is 11.1. The minimum absolute atomic E-state index is 0.0373. The van der Waals surface area contributed by atoms with Crippen molar-refractivity contribution in [1.82, 2.24) is 19.9 Å². The normalized spacial score (nSPS) is 12.2. The van der Waals surface area contributed by atoms with Gasteiger partial charge in [0.15, 0.2) is 5.69 Å². The van der Waals surface area contributed by atoms with Crippen molar-refractivity contribution >= 4 is 22.2 Å². The largest absolute Gasteiger partial charge is 0.380 e. The summed E-state index contributed by atoms with van der Waals surface area (Å²) >= 11 is 0. The molecule has 0 fully saturated rings. The Labute approximate surface area is 200 Å². The lowest BCUT2D eigenvalue weighted by molar-refractivity contribution is 0.0929. The van der Waals surface area contributed by atoms with Crippen LogP contribution in [0.2, 0.25) is 0 Å². The molecular weight excluding hydrogens is 447 g/mol. The first-order chi connectivity index (χ1) is 16.9. The van der Waals surface area contributed by atoms with Crippen LogP contribution in [0.5, 0.6) is 0 Å². The van der Waals surface area contributed by atoms with Gasteiger partial charge in [-0.1, -0.05) is 48.5 Å². The van der Waals surface area contributed by atoms with Gasteiger partial charge in [-0.2, -0.15) is 5.10 Å². The number of methoxy groups -OCH3 is 1. The molecular formula is C27H23FN4O3. The summed E-state index contributed by atoms with van der Waals surface area (Å²) in [5.74, 6) is -0.805. The van der Waals surface area contributed by atoms with Crippen LogP contribution in [0.25, 0.3) is 27.5 Å². The van der Waals surface area contributed by atoms with E-state index < -0.39 is 11.9 Å². The van der Waals surface area contributed by atoms with Crippen molar-refractivity contribution in [2.45, 2.75) is 19.6 Å². The Hall–Kier alpha value is -4.30. The summed E-state index contributed by atoms with van der Waals surface area (Å²) in [6.45, 7) is 1.83. The smallest absolute Gasteiger partial charge is 0.274 e. The Morgan fingerprint density at radius 2 is 1.86 bits per heavy atom. The highest BCUT2D eigenvalue weighted by atomic mass is 19.1. The second kappa shape index (κ2) is 9.15. The summed E-state index contributed by atoms with van der Waals surface area (Å²) < 4.78 is 20.0. The number of ether oxygens (including phenoxy) is 1. The Bertz CT molecular complexity index is 1610. The third-order valence-corrected chi connectivity index (χ3v) is 6.01. The number of nitrogens with one attached hydrogen (secondary N) is 2. The van der Waals surface area contributed by atoms with Gasteiger partial charge in [0, 0.05) is 18.2 Å². The molecule has 1 atom stereocenters. The molecule has 176 valence electrons. The van der Waals surface area contributed by atoms with Crippen molar-refractivity contribution < 1.29 is 13.9 Å². The molecule has 2 N–H and O–H groups in total. The number of hydrogen-bond acceptors (Lipinski definition) is 4. The number of fused-ring (bicyclic) bond motifs is 2. The number of aromatic amines is 1. The highest BCUT2D eigenvalue weighted by molar-refractivity contribution is 5.96. The number of benzene rings is 3. The van der Waals surface area contributed by atoms with Gasteiger partial charge < -0.3 is 15.0 Å². The zero-order valence-corrected chi connectivity index (χ0v) is 19.2. The van der Waals surface area contributed by atoms with Gasteiger partial charge >= 0.3 is 0 Å². The van der Waals surface area contributed by atoms with Gasteiger partial charge in [-0.25, -0.2) is 8.91 Å². The van der Waals surface area contributed by atoms with Crippen LogP contribution in [0.15, 0.2) is 77.7 Å². The molecule has 0 aliphatic carbocycles. The quantitative estimate of drug-likeness (QED) is 0.379. The average Bonchev–Trinajstić information content (AvgIpc) is 3.23. The van der Waals surface area contributed by atoms with Crippen LogP contribution in [0.1, 0.15) is 34.6 Å². The molecule has 0 aliphatic heterocycles. The van der Waals surface area contributed by atoms with E-state index in [1.807, 2.05) is 42.5 Å². The van der Waals surface area contributed by atoms with Crippen LogP contribution < -0.4 is 10.9 Å². The predicted octanol–water partition coefficient (Wildman–Crippen LogP) is 4.62. The van der Waals surface area contributed by atoms with Crippen molar-refractivity contribution in [1.29, 1.82) is 0 Å². The molecule has 1 amide bonds. The molecule has 0 bridgehead atoms. The van der Waals surface area contributed by atoms with E-state index in [9.17, 15) is 14.0 Å². The molecule has 2 heterocycles. The van der Waals surface area contributed by atoms with E-state index in [-0.39, 0.29) is 29.2 Å². The van der Waals surface area contributed by atoms with Gasteiger partial charge in [-0.05, 0) is 41.5 Å². The van der Waals surface area contributed by atoms with Crippen molar-refractivity contribution in [3.05, 3.63) is 106 Å². The number of aromatic nitrogens is 3. The van der Waals surface area contributed by atoms with Crippen LogP contribution in [0, 0.1) is 5.82 Å². The summed E-state index contributed by atoms with van der Waals surface area (Å²) in [5, 5.41) is 9.45. The molecule has 0 saturated heterocycles. The zero-order chi connectivity index (χ0) is 24.5. The molecule has 1 unspecified atom stereocenters. The number of rotatable bonds is 6. The van der Waals surface area contributed by atoms with Crippen LogP contribution in [0.4, 0.5) is 4.39 Å². The van der Waals surface area contributed by atoms with Crippen molar-refractivity contribution in [2.75, 3.05) is 7.11 Å². The first-order valence-electron chi connectivity index (χ1n) is 11.1. The molecule has 2 aromatic heterocycles. The third-order valence-electron chi connectivity index (χ3n) is 6.01. The molecule has 5 aromatic rings. The Morgan fingerprint density at radius 1 is 1.11 bits per heavy atom. The monoisotopic (exact) mass is 470 g/mol. The van der Waals surface area contributed by atoms with E-state index in [2.05, 4.69) is 15.4 Å². The minimum atomic E-state index is -0.454. The molecule has 0 aliphatic rings. The topological polar surface area (TPSA) is 88.5 Å². The Balaban J connectivity index is 1.54. The number of halogens is 1. The predicted molar refractivity (Wildman–Crippen MR) is 132 cm³/mol. The molecule has 0 spiro atoms. The maximum absolute atomic E-state index is 13.3. The fourth-order valence-corrected chi connectivity index (χ4v) is 4.21. The Morgan fingerprint density at radius 3 is 2.60 bits per heavy atom. The molecule has 3 aromatic carbocycles. The summed E-state index contributed by atoms with van der Waals surface area (Å²) in [7, 11) is 1.49. The first kappa shape index (κ1) is 22.5. The molecule has 0 radical (unpaired) electrons. The summed E-state index contributed by atoms with van der Waals surface area (Å²) in [6.07, 6.45) is 1.69. The Kier molecular flexibility index (Phi) is 5.88. The second-order valence-electron chi connectivity index (χ2n) is 8.36. The van der Waals surface area contributed by atoms with Crippen molar-refractivity contribution in [3.8, 4) is 11.3 Å². The zero-order valence-electron chi connectivity index (χ0n) is 19.2. The summed E-state index contributed by atoms with van der Waals surface area (Å²) in [6, 6.07) is 19.4. The van der Waals surface area contributed by atoms with E-state index in [1.165, 1.54) is 23.8 Å². The van der Waals surface area contributed by atoms with Crippen LogP contribution in [-0.2, 0) is 11.3 Å². The third kappa shape index (κ3) is 4.31. The lowest BCUT2D eigenvalue weighted by Gasteiger charge is -2.14. The minimum Gasteiger partial charge on any atom is -0.380 e. The molecule has 7 nitrogen and oxygen atoms in total. The van der Waals surface area contributed by atoms with Crippen LogP contribution in [-0.4, -0.2) is 27.6 Å². The van der Waals surface area contributed by atoms with Gasteiger partial charge in [0.05, 0.1) is 24.5 Å². The van der Waals surface area contributed by atoms with Crippen LogP contribution >= 0.6 is 0 Å². The maximum atomic E-state index is 13.3. The fourth-order valence-electron chi connectivity index (χ4n) is 4.21. The van der Waals surface area contributed by atoms with Gasteiger partial charge in [0.25, 0.3) is 11.5 Å². The molecule has 8 heteroatoms. The molecule has 35 heavy (non-hydrogen) atoms. The van der Waals surface area contributed by atoms with E-state index >= 15 is 0 Å². The molecule has 5 rings (SSSR count). The highest BCUT2D eigenvalue weighted by Gasteiger charge is 2.23. The lowest BCUT2D eigenvalue weighted by atomic mass is 10.1. The van der Waals surface area contributed by atoms with E-state index in [1.54, 1.807) is 25.3 Å². The number of nitrogens with zero attached hydrogens (tertiary/aromatic N) is 2. The summed E-state index contributed by atoms with van der Waals surface area (Å²) in [5.41, 5.74) is 2.50. The number of carbonyl (C=O) groups excluding carboxylic acids is 1. The fraction of sp³-hybridized carbons (Fsp3) is 0.148. The van der Waals surface area contributed by atoms with Gasteiger partial charge in [-0.3, -0.25) is 9.59 Å². The van der Waals surface area contributed by atoms with E-state index in [0.717, 1.165) is 21.9 Å². The maximum Gasteiger partial charge on any atom is 0.274 e. The van der Waals surface area contributed by atoms with E-state index in [4.69, 9.17) is 4.74 Å². The van der Waals surface area contributed by atoms with Crippen molar-refractivity contribution in [2.24, 2.45) is 0 Å². The number of H-pyrrole nitrogens is 1. The number of hydrogen-bond donors (Lipinski definition) is 2. The molecule has 0 saturated carbocycles. The average molecular weight is 471 g/mol. The van der Waals surface area contributed by atoms with Gasteiger partial charge in [0.1, 0.15) is 11.3 Å². The van der Waals surface area contributed by atoms with E-state index in [0.29, 0.717) is 11.3 Å². The number of amides is 1. The SMILES string of the molecule is COCc1c(C(=O)NC(C)c2ccc(F)cc2)nn2cc(-c3ccc4ccccc4c3)[nH]c(=O)c12. The van der Waals surface area contributed by atoms with Gasteiger partial charge in [-0.15, -0.1) is 0 Å². The standard InChI is InChI=1S/C27H23FN4O3/c1-16(17-9-11-21(28)12-10-17)29-26(33)24-22(15-35-2)25-27(34)30-23(14-32(25)31-24)20-8-7-18-5-3-4-6-19(18)13-20/h3-14,16H,15H2,1-2H3,(H,29,33)(H,30,34). The second-order valence-corrected chi connectivity index (χ2v) is 8.36.